The van der Waals surface area contributed by atoms with Crippen molar-refractivity contribution in [3.8, 4) is 0 Å². The first-order valence-corrected chi connectivity index (χ1v) is 5.32. The number of ether oxygens (including phenoxy) is 1. The van der Waals surface area contributed by atoms with Gasteiger partial charge in [0.15, 0.2) is 0 Å². The van der Waals surface area contributed by atoms with Gasteiger partial charge in [0.1, 0.15) is 6.10 Å². The van der Waals surface area contributed by atoms with Crippen molar-refractivity contribution in [1.29, 1.82) is 0 Å². The van der Waals surface area contributed by atoms with Gasteiger partial charge in [-0.25, -0.2) is 0 Å². The lowest BCUT2D eigenvalue weighted by Gasteiger charge is -2.41. The predicted molar refractivity (Wildman–Crippen MR) is 51.3 cm³/mol. The molecule has 2 atom stereocenters. The minimum Gasteiger partial charge on any atom is -0.481 e. The Kier molecular flexibility index (Phi) is 2.90. The lowest BCUT2D eigenvalue weighted by molar-refractivity contribution is -0.152. The van der Waals surface area contributed by atoms with Crippen molar-refractivity contribution in [2.45, 2.75) is 37.8 Å². The van der Waals surface area contributed by atoms with Crippen LogP contribution in [0.25, 0.3) is 0 Å². The number of likely N-dealkylation sites (tertiary alicyclic amines) is 1. The summed E-state index contributed by atoms with van der Waals surface area (Å²) in [5.74, 6) is -0.866. The summed E-state index contributed by atoms with van der Waals surface area (Å²) in [4.78, 5) is 24.0. The van der Waals surface area contributed by atoms with Gasteiger partial charge in [0.05, 0.1) is 6.42 Å². The van der Waals surface area contributed by atoms with Gasteiger partial charge in [-0.15, -0.1) is 0 Å². The van der Waals surface area contributed by atoms with Gasteiger partial charge in [0, 0.05) is 19.2 Å². The van der Waals surface area contributed by atoms with E-state index in [0.29, 0.717) is 13.2 Å². The molecule has 84 valence electrons. The number of hydrogen-bond donors (Lipinski definition) is 1. The van der Waals surface area contributed by atoms with Gasteiger partial charge < -0.3 is 14.7 Å². The number of carboxylic acid groups (broad SMARTS) is 1. The third-order valence-corrected chi connectivity index (χ3v) is 3.04. The maximum atomic E-state index is 11.8. The molecule has 1 amide bonds. The Balaban J connectivity index is 1.87. The zero-order chi connectivity index (χ0) is 10.8. The Hall–Kier alpha value is -1.10. The summed E-state index contributed by atoms with van der Waals surface area (Å²) in [6.07, 6.45) is 2.23. The Morgan fingerprint density at radius 1 is 1.40 bits per heavy atom. The number of carbonyl (C=O) groups excluding carboxylic acids is 1. The van der Waals surface area contributed by atoms with E-state index in [1.54, 1.807) is 4.90 Å². The van der Waals surface area contributed by atoms with E-state index in [1.165, 1.54) is 0 Å². The van der Waals surface area contributed by atoms with Gasteiger partial charge >= 0.3 is 5.97 Å². The fourth-order valence-electron chi connectivity index (χ4n) is 2.10. The van der Waals surface area contributed by atoms with E-state index in [-0.39, 0.29) is 24.5 Å². The molecule has 0 saturated carbocycles. The Morgan fingerprint density at radius 3 is 2.67 bits per heavy atom. The lowest BCUT2D eigenvalue weighted by atomic mass is 9.98. The summed E-state index contributed by atoms with van der Waals surface area (Å²) in [5.41, 5.74) is 0. The standard InChI is InChI=1S/C10H15NO4/c12-9(13)6-7-3-4-11(7)10(14)8-2-1-5-15-8/h7-8H,1-6H2,(H,12,13). The molecule has 5 nitrogen and oxygen atoms in total. The highest BCUT2D eigenvalue weighted by Crippen LogP contribution is 2.24. The quantitative estimate of drug-likeness (QED) is 0.729. The molecule has 0 aromatic rings. The molecule has 2 rings (SSSR count). The molecule has 0 aliphatic carbocycles. The summed E-state index contributed by atoms with van der Waals surface area (Å²) in [6, 6.07) is -0.112. The third kappa shape index (κ3) is 2.12. The number of carboxylic acids is 1. The van der Waals surface area contributed by atoms with Crippen molar-refractivity contribution in [3.05, 3.63) is 0 Å². The molecule has 0 aromatic heterocycles. The van der Waals surface area contributed by atoms with E-state index in [0.717, 1.165) is 19.3 Å². The second-order valence-electron chi connectivity index (χ2n) is 4.07. The lowest BCUT2D eigenvalue weighted by Crippen LogP contribution is -2.55. The monoisotopic (exact) mass is 213 g/mol. The van der Waals surface area contributed by atoms with Crippen LogP contribution in [-0.2, 0) is 14.3 Å². The number of nitrogens with zero attached hydrogens (tertiary/aromatic N) is 1. The van der Waals surface area contributed by atoms with Gasteiger partial charge in [-0.1, -0.05) is 0 Å². The second kappa shape index (κ2) is 4.18. The van der Waals surface area contributed by atoms with Crippen molar-refractivity contribution >= 4 is 11.9 Å². The van der Waals surface area contributed by atoms with E-state index < -0.39 is 5.97 Å². The highest BCUT2D eigenvalue weighted by Gasteiger charge is 2.38. The largest absolute Gasteiger partial charge is 0.481 e. The topological polar surface area (TPSA) is 66.8 Å². The maximum Gasteiger partial charge on any atom is 0.305 e. The van der Waals surface area contributed by atoms with Crippen LogP contribution in [0.5, 0.6) is 0 Å². The van der Waals surface area contributed by atoms with Crippen molar-refractivity contribution in [2.75, 3.05) is 13.2 Å². The van der Waals surface area contributed by atoms with Crippen LogP contribution >= 0.6 is 0 Å². The highest BCUT2D eigenvalue weighted by atomic mass is 16.5. The van der Waals surface area contributed by atoms with E-state index in [9.17, 15) is 9.59 Å². The normalized spacial score (nSPS) is 30.0. The molecule has 2 fully saturated rings. The van der Waals surface area contributed by atoms with Crippen molar-refractivity contribution in [3.63, 3.8) is 0 Å². The Morgan fingerprint density at radius 2 is 2.20 bits per heavy atom. The Bertz CT molecular complexity index is 273. The first kappa shape index (κ1) is 10.4. The molecule has 15 heavy (non-hydrogen) atoms. The predicted octanol–water partition coefficient (Wildman–Crippen LogP) is 0.241. The van der Waals surface area contributed by atoms with Crippen LogP contribution in [0.1, 0.15) is 25.7 Å². The van der Waals surface area contributed by atoms with Gasteiger partial charge in [0.25, 0.3) is 5.91 Å². The Labute approximate surface area is 88.0 Å². The van der Waals surface area contributed by atoms with E-state index in [4.69, 9.17) is 9.84 Å². The number of carbonyl (C=O) groups is 2. The third-order valence-electron chi connectivity index (χ3n) is 3.04. The van der Waals surface area contributed by atoms with Crippen LogP contribution in [0.15, 0.2) is 0 Å². The molecular weight excluding hydrogens is 198 g/mol. The first-order chi connectivity index (χ1) is 7.18. The molecule has 0 aromatic carbocycles. The van der Waals surface area contributed by atoms with Crippen molar-refractivity contribution < 1.29 is 19.4 Å². The van der Waals surface area contributed by atoms with Crippen LogP contribution in [0, 0.1) is 0 Å². The van der Waals surface area contributed by atoms with Crippen LogP contribution < -0.4 is 0 Å². The summed E-state index contributed by atoms with van der Waals surface area (Å²) in [7, 11) is 0. The number of aliphatic carboxylic acids is 1. The molecular formula is C10H15NO4. The zero-order valence-corrected chi connectivity index (χ0v) is 8.52. The van der Waals surface area contributed by atoms with Crippen molar-refractivity contribution in [2.24, 2.45) is 0 Å². The van der Waals surface area contributed by atoms with E-state index >= 15 is 0 Å². The zero-order valence-electron chi connectivity index (χ0n) is 8.52. The van der Waals surface area contributed by atoms with Gasteiger partial charge in [-0.2, -0.15) is 0 Å². The molecule has 2 heterocycles. The van der Waals surface area contributed by atoms with Crippen LogP contribution in [-0.4, -0.2) is 47.2 Å². The minimum atomic E-state index is -0.843. The fourth-order valence-corrected chi connectivity index (χ4v) is 2.10. The van der Waals surface area contributed by atoms with E-state index in [2.05, 4.69) is 0 Å². The molecule has 5 heteroatoms. The molecule has 2 aliphatic rings. The summed E-state index contributed by atoms with van der Waals surface area (Å²) >= 11 is 0. The first-order valence-electron chi connectivity index (χ1n) is 5.32. The molecule has 2 unspecified atom stereocenters. The maximum absolute atomic E-state index is 11.8. The summed E-state index contributed by atoms with van der Waals surface area (Å²) in [5, 5.41) is 8.64. The molecule has 2 aliphatic heterocycles. The summed E-state index contributed by atoms with van der Waals surface area (Å²) in [6.45, 7) is 1.32. The molecule has 0 radical (unpaired) electrons. The minimum absolute atomic E-state index is 0.0231. The number of rotatable bonds is 3. The number of hydrogen-bond acceptors (Lipinski definition) is 3. The van der Waals surface area contributed by atoms with Gasteiger partial charge in [-0.3, -0.25) is 9.59 Å². The SMILES string of the molecule is O=C(O)CC1CCN1C(=O)C1CCCO1. The number of amides is 1. The van der Waals surface area contributed by atoms with Crippen LogP contribution in [0.4, 0.5) is 0 Å². The molecule has 0 spiro atoms. The summed E-state index contributed by atoms with van der Waals surface area (Å²) < 4.78 is 5.29. The smallest absolute Gasteiger partial charge is 0.305 e. The highest BCUT2D eigenvalue weighted by molar-refractivity contribution is 5.83. The molecule has 2 saturated heterocycles. The van der Waals surface area contributed by atoms with Crippen LogP contribution in [0.3, 0.4) is 0 Å². The second-order valence-corrected chi connectivity index (χ2v) is 4.07. The van der Waals surface area contributed by atoms with Gasteiger partial charge in [-0.05, 0) is 19.3 Å². The van der Waals surface area contributed by atoms with E-state index in [1.807, 2.05) is 0 Å². The average molecular weight is 213 g/mol. The fraction of sp³-hybridized carbons (Fsp3) is 0.800. The average Bonchev–Trinajstić information content (AvgIpc) is 2.64. The molecule has 0 bridgehead atoms. The molecule has 1 N–H and O–H groups in total. The van der Waals surface area contributed by atoms with Crippen LogP contribution in [0.2, 0.25) is 0 Å². The van der Waals surface area contributed by atoms with Crippen molar-refractivity contribution in [1.82, 2.24) is 4.90 Å². The van der Waals surface area contributed by atoms with Gasteiger partial charge in [0.2, 0.25) is 0 Å².